The Morgan fingerprint density at radius 2 is 2.07 bits per heavy atom. The van der Waals surface area contributed by atoms with Gasteiger partial charge in [-0.3, -0.25) is 0 Å². The van der Waals surface area contributed by atoms with Gasteiger partial charge >= 0.3 is 0 Å². The van der Waals surface area contributed by atoms with Gasteiger partial charge in [-0.05, 0) is 46.2 Å². The van der Waals surface area contributed by atoms with Gasteiger partial charge in [0.1, 0.15) is 4.75 Å². The summed E-state index contributed by atoms with van der Waals surface area (Å²) in [6.07, 6.45) is 7.08. The molecule has 2 atom stereocenters. The standard InChI is InChI=1S/C20H26ClN5O2S/c1-7-26(29(27)20(3,4)5)13(2)14-10-15(19(28-6)23-11-14)16-12-25-9-8-22-18(25)17(21)24-16/h8-13H,7H2,1-6H3. The lowest BCUT2D eigenvalue weighted by atomic mass is 10.1. The van der Waals surface area contributed by atoms with Gasteiger partial charge in [0.2, 0.25) is 5.88 Å². The zero-order valence-electron chi connectivity index (χ0n) is 17.5. The lowest BCUT2D eigenvalue weighted by molar-refractivity contribution is 0.343. The summed E-state index contributed by atoms with van der Waals surface area (Å²) in [5.41, 5.74) is 2.85. The molecule has 0 aliphatic carbocycles. The van der Waals surface area contributed by atoms with E-state index in [2.05, 4.69) is 15.0 Å². The summed E-state index contributed by atoms with van der Waals surface area (Å²) in [5.74, 6) is 0.448. The van der Waals surface area contributed by atoms with E-state index in [4.69, 9.17) is 16.3 Å². The third-order valence-corrected chi connectivity index (χ3v) is 6.94. The highest BCUT2D eigenvalue weighted by molar-refractivity contribution is 7.90. The maximum atomic E-state index is 13.0. The molecule has 0 radical (unpaired) electrons. The molecule has 0 bridgehead atoms. The van der Waals surface area contributed by atoms with Crippen molar-refractivity contribution >= 4 is 28.6 Å². The lowest BCUT2D eigenvalue weighted by Gasteiger charge is -2.35. The molecule has 2 unspecified atom stereocenters. The normalized spacial score (nSPS) is 14.4. The first kappa shape index (κ1) is 21.8. The molecule has 0 aromatic carbocycles. The van der Waals surface area contributed by atoms with E-state index >= 15 is 0 Å². The quantitative estimate of drug-likeness (QED) is 0.537. The first-order valence-electron chi connectivity index (χ1n) is 9.39. The minimum absolute atomic E-state index is 0.107. The molecule has 0 aliphatic heterocycles. The third kappa shape index (κ3) is 4.35. The Kier molecular flexibility index (Phi) is 6.38. The highest BCUT2D eigenvalue weighted by atomic mass is 35.5. The summed E-state index contributed by atoms with van der Waals surface area (Å²) in [6.45, 7) is 10.6. The van der Waals surface area contributed by atoms with Gasteiger partial charge in [0.05, 0.1) is 24.4 Å². The van der Waals surface area contributed by atoms with E-state index in [9.17, 15) is 4.55 Å². The van der Waals surface area contributed by atoms with Crippen LogP contribution in [0.25, 0.3) is 16.9 Å². The predicted molar refractivity (Wildman–Crippen MR) is 116 cm³/mol. The monoisotopic (exact) mass is 435 g/mol. The number of halogens is 1. The molecule has 3 heterocycles. The van der Waals surface area contributed by atoms with Gasteiger partial charge in [0.15, 0.2) is 10.8 Å². The predicted octanol–water partition coefficient (Wildman–Crippen LogP) is 4.30. The van der Waals surface area contributed by atoms with Crippen molar-refractivity contribution in [3.8, 4) is 17.1 Å². The van der Waals surface area contributed by atoms with Crippen molar-refractivity contribution in [2.45, 2.75) is 45.4 Å². The zero-order valence-corrected chi connectivity index (χ0v) is 19.1. The fourth-order valence-corrected chi connectivity index (χ4v) is 4.70. The molecule has 3 aromatic rings. The van der Waals surface area contributed by atoms with Crippen LogP contribution >= 0.6 is 11.6 Å². The van der Waals surface area contributed by atoms with Crippen LogP contribution in [0.1, 0.15) is 46.2 Å². The molecule has 3 aromatic heterocycles. The van der Waals surface area contributed by atoms with Crippen LogP contribution in [0.15, 0.2) is 30.9 Å². The molecule has 0 spiro atoms. The van der Waals surface area contributed by atoms with Crippen LogP contribution < -0.4 is 4.74 Å². The van der Waals surface area contributed by atoms with Crippen molar-refractivity contribution < 1.29 is 9.29 Å². The highest BCUT2D eigenvalue weighted by Gasteiger charge is 2.36. The Balaban J connectivity index is 2.06. The van der Waals surface area contributed by atoms with Crippen LogP contribution in [0.5, 0.6) is 5.88 Å². The summed E-state index contributed by atoms with van der Waals surface area (Å²) < 4.78 is 21.9. The van der Waals surface area contributed by atoms with Gasteiger partial charge in [0.25, 0.3) is 0 Å². The molecule has 29 heavy (non-hydrogen) atoms. The first-order chi connectivity index (χ1) is 13.7. The van der Waals surface area contributed by atoms with Crippen molar-refractivity contribution in [1.82, 2.24) is 23.7 Å². The Morgan fingerprint density at radius 3 is 2.69 bits per heavy atom. The molecule has 0 saturated carbocycles. The number of fused-ring (bicyclic) bond motifs is 1. The lowest BCUT2D eigenvalue weighted by Crippen LogP contribution is -2.44. The van der Waals surface area contributed by atoms with Gasteiger partial charge in [0, 0.05) is 42.7 Å². The zero-order chi connectivity index (χ0) is 21.3. The van der Waals surface area contributed by atoms with Crippen molar-refractivity contribution in [3.05, 3.63) is 41.6 Å². The number of methoxy groups -OCH3 is 1. The minimum atomic E-state index is -1.16. The Hall–Kier alpha value is -1.87. The molecule has 0 fully saturated rings. The Morgan fingerprint density at radius 1 is 1.34 bits per heavy atom. The van der Waals surface area contributed by atoms with E-state index in [0.717, 1.165) is 5.56 Å². The fourth-order valence-electron chi connectivity index (χ4n) is 3.12. The summed E-state index contributed by atoms with van der Waals surface area (Å²) in [4.78, 5) is 13.2. The van der Waals surface area contributed by atoms with E-state index in [1.807, 2.05) is 61.8 Å². The SMILES string of the molecule is CCN(C(C)c1cnc(OC)c(-c2cn3ccnc3c(Cl)n2)c1)[S+]([O-])C(C)(C)C. The van der Waals surface area contributed by atoms with Crippen LogP contribution in [0.4, 0.5) is 0 Å². The number of nitrogens with zero attached hydrogens (tertiary/aromatic N) is 5. The minimum Gasteiger partial charge on any atom is -0.597 e. The molecule has 0 amide bonds. The average molecular weight is 436 g/mol. The van der Waals surface area contributed by atoms with E-state index in [1.165, 1.54) is 0 Å². The summed E-state index contributed by atoms with van der Waals surface area (Å²) in [5, 5.41) is 0.303. The summed E-state index contributed by atoms with van der Waals surface area (Å²) >= 11 is 5.16. The second-order valence-electron chi connectivity index (χ2n) is 7.67. The van der Waals surface area contributed by atoms with Gasteiger partial charge < -0.3 is 13.7 Å². The number of ether oxygens (including phenoxy) is 1. The first-order valence-corrected chi connectivity index (χ1v) is 10.9. The summed E-state index contributed by atoms with van der Waals surface area (Å²) in [6, 6.07) is 1.87. The molecule has 0 saturated heterocycles. The van der Waals surface area contributed by atoms with E-state index < -0.39 is 11.4 Å². The number of hydrogen-bond donors (Lipinski definition) is 0. The number of hydrogen-bond acceptors (Lipinski definition) is 6. The van der Waals surface area contributed by atoms with Crippen molar-refractivity contribution in [3.63, 3.8) is 0 Å². The van der Waals surface area contributed by atoms with Crippen LogP contribution in [0.3, 0.4) is 0 Å². The molecule has 0 aliphatic rings. The van der Waals surface area contributed by atoms with Crippen LogP contribution in [0, 0.1) is 0 Å². The Labute approximate surface area is 179 Å². The van der Waals surface area contributed by atoms with Gasteiger partial charge in [-0.15, -0.1) is 4.31 Å². The molecule has 9 heteroatoms. The molecule has 156 valence electrons. The van der Waals surface area contributed by atoms with Gasteiger partial charge in [-0.25, -0.2) is 15.0 Å². The second-order valence-corrected chi connectivity index (χ2v) is 10.2. The fraction of sp³-hybridized carbons (Fsp3) is 0.450. The highest BCUT2D eigenvalue weighted by Crippen LogP contribution is 2.34. The average Bonchev–Trinajstić information content (AvgIpc) is 3.16. The summed E-state index contributed by atoms with van der Waals surface area (Å²) in [7, 11) is 1.57. The largest absolute Gasteiger partial charge is 0.597 e. The third-order valence-electron chi connectivity index (χ3n) is 4.64. The molecule has 3 rings (SSSR count). The van der Waals surface area contributed by atoms with Gasteiger partial charge in [-0.2, -0.15) is 0 Å². The number of imidazole rings is 1. The van der Waals surface area contributed by atoms with Crippen LogP contribution in [0.2, 0.25) is 5.15 Å². The number of pyridine rings is 1. The Bertz CT molecular complexity index is 1000. The van der Waals surface area contributed by atoms with Crippen molar-refractivity contribution in [1.29, 1.82) is 0 Å². The number of aromatic nitrogens is 4. The number of rotatable bonds is 6. The molecular weight excluding hydrogens is 410 g/mol. The van der Waals surface area contributed by atoms with Crippen LogP contribution in [-0.2, 0) is 11.4 Å². The van der Waals surface area contributed by atoms with Gasteiger partial charge in [-0.1, -0.05) is 11.6 Å². The maximum Gasteiger partial charge on any atom is 0.222 e. The van der Waals surface area contributed by atoms with Crippen LogP contribution in [-0.4, -0.2) is 46.6 Å². The van der Waals surface area contributed by atoms with Crippen molar-refractivity contribution in [2.75, 3.05) is 13.7 Å². The van der Waals surface area contributed by atoms with E-state index in [1.54, 1.807) is 19.5 Å². The van der Waals surface area contributed by atoms with E-state index in [-0.39, 0.29) is 10.8 Å². The smallest absolute Gasteiger partial charge is 0.222 e. The van der Waals surface area contributed by atoms with Crippen molar-refractivity contribution in [2.24, 2.45) is 0 Å². The molecule has 0 N–H and O–H groups in total. The maximum absolute atomic E-state index is 13.0. The molecular formula is C20H26ClN5O2S. The van der Waals surface area contributed by atoms with E-state index in [0.29, 0.717) is 34.5 Å². The molecule has 7 nitrogen and oxygen atoms in total. The topological polar surface area (TPSA) is 78.6 Å². The second kappa shape index (κ2) is 8.47.